The van der Waals surface area contributed by atoms with Crippen LogP contribution < -0.4 is 5.43 Å². The van der Waals surface area contributed by atoms with Gasteiger partial charge in [-0.1, -0.05) is 18.2 Å². The van der Waals surface area contributed by atoms with Crippen molar-refractivity contribution >= 4 is 17.4 Å². The Labute approximate surface area is 135 Å². The molecule has 8 heteroatoms. The minimum absolute atomic E-state index is 0.111. The molecule has 0 saturated heterocycles. The van der Waals surface area contributed by atoms with E-state index in [2.05, 4.69) is 10.5 Å². The predicted molar refractivity (Wildman–Crippen MR) is 80.3 cm³/mol. The number of hydrogen-bond donors (Lipinski definition) is 2. The fourth-order valence-electron chi connectivity index (χ4n) is 2.76. The van der Waals surface area contributed by atoms with E-state index in [1.807, 2.05) is 0 Å². The van der Waals surface area contributed by atoms with Crippen LogP contribution in [0.2, 0.25) is 0 Å². The number of alkyl halides is 3. The van der Waals surface area contributed by atoms with Crippen molar-refractivity contribution in [1.82, 2.24) is 5.43 Å². The van der Waals surface area contributed by atoms with Crippen molar-refractivity contribution in [2.75, 3.05) is 6.61 Å². The van der Waals surface area contributed by atoms with E-state index in [0.717, 1.165) is 6.07 Å². The second-order valence-corrected chi connectivity index (χ2v) is 5.66. The molecule has 0 saturated carbocycles. The third kappa shape index (κ3) is 3.43. The highest BCUT2D eigenvalue weighted by atomic mass is 19.4. The first-order chi connectivity index (χ1) is 11.3. The van der Waals surface area contributed by atoms with Gasteiger partial charge < -0.3 is 9.84 Å². The van der Waals surface area contributed by atoms with Gasteiger partial charge in [0.25, 0.3) is 0 Å². The predicted octanol–water partition coefficient (Wildman–Crippen LogP) is 3.08. The Bertz CT molecular complexity index is 726. The number of aliphatic hydroxyl groups is 1. The molecule has 0 radical (unpaired) electrons. The molecule has 3 rings (SSSR count). The maximum Gasteiger partial charge on any atom is 0.428 e. The first-order valence-electron chi connectivity index (χ1n) is 7.43. The Morgan fingerprint density at radius 3 is 2.71 bits per heavy atom. The van der Waals surface area contributed by atoms with Crippen molar-refractivity contribution in [3.05, 3.63) is 41.0 Å². The minimum atomic E-state index is -4.53. The summed E-state index contributed by atoms with van der Waals surface area (Å²) >= 11 is 0. The van der Waals surface area contributed by atoms with Gasteiger partial charge in [0.15, 0.2) is 0 Å². The summed E-state index contributed by atoms with van der Waals surface area (Å²) < 4.78 is 45.1. The van der Waals surface area contributed by atoms with Crippen LogP contribution in [0.5, 0.6) is 0 Å². The van der Waals surface area contributed by atoms with E-state index in [9.17, 15) is 23.1 Å². The number of rotatable bonds is 2. The summed E-state index contributed by atoms with van der Waals surface area (Å²) in [6.07, 6.45) is -2.93. The highest BCUT2D eigenvalue weighted by Gasteiger charge is 2.35. The normalized spacial score (nSPS) is 21.5. The first kappa shape index (κ1) is 16.5. The number of halogens is 3. The average molecular weight is 340 g/mol. The third-order valence-corrected chi connectivity index (χ3v) is 4.01. The summed E-state index contributed by atoms with van der Waals surface area (Å²) in [4.78, 5) is 10.9. The van der Waals surface area contributed by atoms with Crippen LogP contribution in [0.3, 0.4) is 0 Å². The first-order valence-corrected chi connectivity index (χ1v) is 7.43. The number of benzene rings is 1. The van der Waals surface area contributed by atoms with Crippen LogP contribution in [-0.2, 0) is 10.9 Å². The van der Waals surface area contributed by atoms with Crippen LogP contribution in [0.25, 0.3) is 5.57 Å². The van der Waals surface area contributed by atoms with Gasteiger partial charge in [-0.25, -0.2) is 10.2 Å². The fourth-order valence-corrected chi connectivity index (χ4v) is 2.76. The Kier molecular flexibility index (Phi) is 4.31. The van der Waals surface area contributed by atoms with Gasteiger partial charge in [-0.2, -0.15) is 18.3 Å². The number of amides is 1. The van der Waals surface area contributed by atoms with E-state index >= 15 is 0 Å². The molecule has 1 heterocycles. The van der Waals surface area contributed by atoms with E-state index in [4.69, 9.17) is 4.74 Å². The summed E-state index contributed by atoms with van der Waals surface area (Å²) in [5.74, 6) is 0. The molecule has 1 atom stereocenters. The average Bonchev–Trinajstić information content (AvgIpc) is 2.55. The molecule has 2 N–H and O–H groups in total. The maximum absolute atomic E-state index is 13.5. The van der Waals surface area contributed by atoms with E-state index < -0.39 is 23.9 Å². The Hall–Kier alpha value is -2.35. The smallest absolute Gasteiger partial charge is 0.428 e. The molecule has 1 aliphatic heterocycles. The second-order valence-electron chi connectivity index (χ2n) is 5.66. The van der Waals surface area contributed by atoms with Crippen molar-refractivity contribution < 1.29 is 27.8 Å². The maximum atomic E-state index is 13.5. The highest BCUT2D eigenvalue weighted by molar-refractivity contribution is 6.04. The number of allylic oxidation sites excluding steroid dienone is 1. The minimum Gasteiger partial charge on any atom is -0.442 e. The number of carbonyl (C=O) groups is 1. The number of cyclic esters (lactones) is 1. The number of hydrogen-bond acceptors (Lipinski definition) is 4. The summed E-state index contributed by atoms with van der Waals surface area (Å²) in [7, 11) is 0. The van der Waals surface area contributed by atoms with Crippen molar-refractivity contribution in [2.24, 2.45) is 5.10 Å². The number of nitrogens with zero attached hydrogens (tertiary/aromatic N) is 1. The fraction of sp³-hybridized carbons (Fsp3) is 0.375. The van der Waals surface area contributed by atoms with Crippen molar-refractivity contribution in [2.45, 2.75) is 31.5 Å². The van der Waals surface area contributed by atoms with Gasteiger partial charge in [0.1, 0.15) is 12.3 Å². The molecule has 1 amide bonds. The highest BCUT2D eigenvalue weighted by Crippen LogP contribution is 2.38. The largest absolute Gasteiger partial charge is 0.442 e. The zero-order valence-corrected chi connectivity index (χ0v) is 12.6. The van der Waals surface area contributed by atoms with E-state index in [1.54, 1.807) is 6.08 Å². The Morgan fingerprint density at radius 2 is 2.12 bits per heavy atom. The lowest BCUT2D eigenvalue weighted by Crippen LogP contribution is -2.31. The zero-order chi connectivity index (χ0) is 17.3. The van der Waals surface area contributed by atoms with Gasteiger partial charge in [0, 0.05) is 5.56 Å². The van der Waals surface area contributed by atoms with Crippen molar-refractivity contribution in [3.63, 3.8) is 0 Å². The number of aliphatic hydroxyl groups excluding tert-OH is 1. The topological polar surface area (TPSA) is 70.9 Å². The van der Waals surface area contributed by atoms with Crippen LogP contribution in [0.1, 0.15) is 36.0 Å². The molecule has 1 aromatic carbocycles. The standard InChI is InChI=1S/C16H15F3N2O3/c17-16(18,19)13-7-10(14-8-24-15(23)21-20-14)3-6-12(13)9-1-4-11(22)5-2-9/h1,3,6-7,11,22H,2,4-5,8H2,(H,21,23)/t11-/m0/s1. The van der Waals surface area contributed by atoms with Crippen molar-refractivity contribution in [1.29, 1.82) is 0 Å². The molecule has 0 spiro atoms. The van der Waals surface area contributed by atoms with E-state index in [1.165, 1.54) is 12.1 Å². The van der Waals surface area contributed by atoms with E-state index in [-0.39, 0.29) is 23.4 Å². The molecule has 5 nitrogen and oxygen atoms in total. The lowest BCUT2D eigenvalue weighted by Gasteiger charge is -2.22. The molecule has 0 bridgehead atoms. The van der Waals surface area contributed by atoms with E-state index in [0.29, 0.717) is 24.8 Å². The number of ether oxygens (including phenoxy) is 1. The summed E-state index contributed by atoms with van der Waals surface area (Å²) in [5.41, 5.74) is 2.47. The molecular formula is C16H15F3N2O3. The SMILES string of the molecule is O=C1NN=C(c2ccc(C3=CC[C@H](O)CC3)c(C(F)(F)F)c2)CO1. The second kappa shape index (κ2) is 6.27. The summed E-state index contributed by atoms with van der Waals surface area (Å²) in [6, 6.07) is 3.94. The Balaban J connectivity index is 2.00. The molecule has 128 valence electrons. The molecule has 0 aromatic heterocycles. The molecule has 24 heavy (non-hydrogen) atoms. The number of hydrazone groups is 1. The molecule has 1 aliphatic carbocycles. The van der Waals surface area contributed by atoms with Crippen molar-refractivity contribution in [3.8, 4) is 0 Å². The molecule has 1 aromatic rings. The Morgan fingerprint density at radius 1 is 1.33 bits per heavy atom. The number of nitrogens with one attached hydrogen (secondary N) is 1. The molecule has 0 fully saturated rings. The van der Waals surface area contributed by atoms with Crippen LogP contribution in [-0.4, -0.2) is 29.6 Å². The summed E-state index contributed by atoms with van der Waals surface area (Å²) in [5, 5.41) is 13.2. The van der Waals surface area contributed by atoms with Gasteiger partial charge in [-0.05, 0) is 36.5 Å². The van der Waals surface area contributed by atoms with Crippen LogP contribution >= 0.6 is 0 Å². The lowest BCUT2D eigenvalue weighted by molar-refractivity contribution is -0.137. The van der Waals surface area contributed by atoms with Gasteiger partial charge >= 0.3 is 12.3 Å². The zero-order valence-electron chi connectivity index (χ0n) is 12.6. The van der Waals surface area contributed by atoms with Gasteiger partial charge in [0.2, 0.25) is 0 Å². The summed E-state index contributed by atoms with van der Waals surface area (Å²) in [6.45, 7) is -0.183. The monoisotopic (exact) mass is 340 g/mol. The van der Waals surface area contributed by atoms with Crippen LogP contribution in [0, 0.1) is 0 Å². The van der Waals surface area contributed by atoms with Gasteiger partial charge in [0.05, 0.1) is 11.7 Å². The van der Waals surface area contributed by atoms with Gasteiger partial charge in [-0.15, -0.1) is 0 Å². The number of carbonyl (C=O) groups excluding carboxylic acids is 1. The van der Waals surface area contributed by atoms with Gasteiger partial charge in [-0.3, -0.25) is 0 Å². The molecular weight excluding hydrogens is 325 g/mol. The van der Waals surface area contributed by atoms with Crippen LogP contribution in [0.4, 0.5) is 18.0 Å². The quantitative estimate of drug-likeness (QED) is 0.869. The third-order valence-electron chi connectivity index (χ3n) is 4.01. The molecule has 2 aliphatic rings. The van der Waals surface area contributed by atoms with Crippen LogP contribution in [0.15, 0.2) is 29.4 Å². The molecule has 0 unspecified atom stereocenters. The lowest BCUT2D eigenvalue weighted by atomic mass is 9.88.